The van der Waals surface area contributed by atoms with Gasteiger partial charge in [-0.05, 0) is 23.6 Å². The molecule has 0 unspecified atom stereocenters. The Morgan fingerprint density at radius 1 is 0.958 bits per heavy atom. The van der Waals surface area contributed by atoms with Gasteiger partial charge in [0, 0.05) is 17.0 Å². The number of aromatic nitrogens is 1. The van der Waals surface area contributed by atoms with E-state index in [0.29, 0.717) is 5.58 Å². The van der Waals surface area contributed by atoms with E-state index in [9.17, 15) is 9.90 Å². The molecule has 0 amide bonds. The molecule has 24 heavy (non-hydrogen) atoms. The third-order valence-corrected chi connectivity index (χ3v) is 3.85. The summed E-state index contributed by atoms with van der Waals surface area (Å²) in [6, 6.07) is 15.0. The van der Waals surface area contributed by atoms with E-state index in [1.54, 1.807) is 16.7 Å². The highest BCUT2D eigenvalue weighted by atomic mass is 16.4. The molecule has 0 atom stereocenters. The number of aromatic carboxylic acids is 1. The number of hydrogen-bond acceptors (Lipinski definition) is 3. The Bertz CT molecular complexity index is 1150. The van der Waals surface area contributed by atoms with Crippen molar-refractivity contribution in [3.8, 4) is 0 Å². The molecule has 4 aromatic rings. The Labute approximate surface area is 136 Å². The molecule has 0 aliphatic heterocycles. The lowest BCUT2D eigenvalue weighted by Gasteiger charge is -2.01. The van der Waals surface area contributed by atoms with Gasteiger partial charge in [0.2, 0.25) is 0 Å². The van der Waals surface area contributed by atoms with Crippen molar-refractivity contribution < 1.29 is 18.7 Å². The number of rotatable bonds is 1. The number of carbonyl (C=O) groups is 1. The molecule has 0 aliphatic carbocycles. The highest BCUT2D eigenvalue weighted by Crippen LogP contribution is 2.26. The van der Waals surface area contributed by atoms with Crippen molar-refractivity contribution in [1.29, 1.82) is 0 Å². The van der Waals surface area contributed by atoms with E-state index in [1.807, 2.05) is 42.5 Å². The Morgan fingerprint density at radius 3 is 2.67 bits per heavy atom. The van der Waals surface area contributed by atoms with Gasteiger partial charge >= 0.3 is 5.97 Å². The van der Waals surface area contributed by atoms with Crippen LogP contribution >= 0.6 is 0 Å². The summed E-state index contributed by atoms with van der Waals surface area (Å²) >= 11 is 0. The monoisotopic (exact) mass is 319 g/mol. The van der Waals surface area contributed by atoms with E-state index in [-0.39, 0.29) is 5.69 Å². The molecule has 0 aliphatic rings. The van der Waals surface area contributed by atoms with E-state index in [0.717, 1.165) is 21.7 Å². The van der Waals surface area contributed by atoms with Crippen LogP contribution in [0.25, 0.3) is 27.3 Å². The standard InChI is InChI=1S/C19H13NO4/c21-19(22)17-12-14-4-2-6-16-13-3-1-5-15(11-13)24-10-9-23-8-7-20(17)18(14)16/h1-12H,(H,21,22). The lowest BCUT2D eigenvalue weighted by atomic mass is 10.1. The van der Waals surface area contributed by atoms with Crippen molar-refractivity contribution in [3.05, 3.63) is 79.2 Å². The normalized spacial score (nSPS) is 10.8. The van der Waals surface area contributed by atoms with Crippen LogP contribution in [0.15, 0.2) is 82.4 Å². The molecular weight excluding hydrogens is 306 g/mol. The number of para-hydroxylation sites is 1. The lowest BCUT2D eigenvalue weighted by Crippen LogP contribution is -2.00. The largest absolute Gasteiger partial charge is 0.477 e. The van der Waals surface area contributed by atoms with Gasteiger partial charge in [0.25, 0.3) is 0 Å². The number of carboxylic acid groups (broad SMARTS) is 1. The fourth-order valence-corrected chi connectivity index (χ4v) is 2.85. The zero-order valence-electron chi connectivity index (χ0n) is 12.5. The van der Waals surface area contributed by atoms with Crippen LogP contribution in [0.1, 0.15) is 10.5 Å². The summed E-state index contributed by atoms with van der Waals surface area (Å²) in [6.07, 6.45) is 5.82. The maximum Gasteiger partial charge on any atom is 0.352 e. The minimum absolute atomic E-state index is 0.172. The van der Waals surface area contributed by atoms with E-state index in [2.05, 4.69) is 0 Å². The van der Waals surface area contributed by atoms with E-state index >= 15 is 0 Å². The van der Waals surface area contributed by atoms with Crippen molar-refractivity contribution >= 4 is 33.2 Å². The summed E-state index contributed by atoms with van der Waals surface area (Å²) in [4.78, 5) is 11.6. The number of hydrogen-bond donors (Lipinski definition) is 1. The van der Waals surface area contributed by atoms with Crippen molar-refractivity contribution in [2.75, 3.05) is 0 Å². The summed E-state index contributed by atoms with van der Waals surface area (Å²) in [5.41, 5.74) is 1.65. The summed E-state index contributed by atoms with van der Waals surface area (Å²) in [5.74, 6) is -0.999. The quantitative estimate of drug-likeness (QED) is 0.546. The highest BCUT2D eigenvalue weighted by Gasteiger charge is 2.12. The summed E-state index contributed by atoms with van der Waals surface area (Å²) in [7, 11) is 0. The van der Waals surface area contributed by atoms with Crippen LogP contribution in [0.3, 0.4) is 0 Å². The predicted octanol–water partition coefficient (Wildman–Crippen LogP) is 4.82. The van der Waals surface area contributed by atoms with Crippen molar-refractivity contribution in [2.24, 2.45) is 0 Å². The van der Waals surface area contributed by atoms with Gasteiger partial charge in [-0.25, -0.2) is 4.79 Å². The second-order valence-electron chi connectivity index (χ2n) is 5.29. The molecule has 2 heterocycles. The lowest BCUT2D eigenvalue weighted by molar-refractivity contribution is 0.0689. The van der Waals surface area contributed by atoms with Crippen LogP contribution in [0.2, 0.25) is 0 Å². The van der Waals surface area contributed by atoms with E-state index in [4.69, 9.17) is 8.83 Å². The third-order valence-electron chi connectivity index (χ3n) is 3.85. The minimum atomic E-state index is -0.999. The number of benzene rings is 2. The fraction of sp³-hybridized carbons (Fsp3) is 0. The van der Waals surface area contributed by atoms with Gasteiger partial charge in [0.1, 0.15) is 30.1 Å². The predicted molar refractivity (Wildman–Crippen MR) is 90.3 cm³/mol. The second kappa shape index (κ2) is 5.62. The highest BCUT2D eigenvalue weighted by molar-refractivity contribution is 6.07. The maximum absolute atomic E-state index is 11.6. The van der Waals surface area contributed by atoms with Gasteiger partial charge < -0.3 is 18.3 Å². The van der Waals surface area contributed by atoms with Crippen molar-refractivity contribution in [3.63, 3.8) is 0 Å². The van der Waals surface area contributed by atoms with Crippen LogP contribution in [-0.4, -0.2) is 15.5 Å². The van der Waals surface area contributed by atoms with Crippen LogP contribution in [0.4, 0.5) is 0 Å². The first-order valence-corrected chi connectivity index (χ1v) is 7.35. The van der Waals surface area contributed by atoms with Gasteiger partial charge in [-0.3, -0.25) is 0 Å². The molecule has 2 bridgehead atoms. The average Bonchev–Trinajstić information content (AvgIpc) is 2.96. The van der Waals surface area contributed by atoms with Crippen LogP contribution < -0.4 is 0 Å². The second-order valence-corrected chi connectivity index (χ2v) is 5.29. The molecule has 4 rings (SSSR count). The molecule has 0 radical (unpaired) electrons. The Balaban J connectivity index is 2.32. The summed E-state index contributed by atoms with van der Waals surface area (Å²) in [5, 5.41) is 12.2. The molecule has 2 aromatic heterocycles. The smallest absolute Gasteiger partial charge is 0.352 e. The average molecular weight is 319 g/mol. The summed E-state index contributed by atoms with van der Waals surface area (Å²) < 4.78 is 12.4. The Kier molecular flexibility index (Phi) is 3.31. The first kappa shape index (κ1) is 14.1. The molecule has 2 aromatic carbocycles. The zero-order valence-corrected chi connectivity index (χ0v) is 12.5. The fourth-order valence-electron chi connectivity index (χ4n) is 2.85. The third kappa shape index (κ3) is 2.32. The van der Waals surface area contributed by atoms with E-state index in [1.165, 1.54) is 18.8 Å². The van der Waals surface area contributed by atoms with Crippen LogP contribution in [0, 0.1) is 0 Å². The number of fused-ring (bicyclic) bond motifs is 3. The SMILES string of the molecule is O=C(O)c1cc2cccc3c4cccc(c4)occoccn1c23. The molecule has 0 fully saturated rings. The topological polar surface area (TPSA) is 68.0 Å². The Morgan fingerprint density at radius 2 is 1.79 bits per heavy atom. The maximum atomic E-state index is 11.6. The van der Waals surface area contributed by atoms with Gasteiger partial charge in [-0.1, -0.05) is 30.3 Å². The first-order valence-electron chi connectivity index (χ1n) is 7.35. The van der Waals surface area contributed by atoms with Gasteiger partial charge in [0.05, 0.1) is 5.52 Å². The number of carboxylic acids is 1. The first-order chi connectivity index (χ1) is 11.7. The van der Waals surface area contributed by atoms with Gasteiger partial charge in [-0.15, -0.1) is 0 Å². The molecule has 5 heteroatoms. The van der Waals surface area contributed by atoms with Gasteiger partial charge in [0.15, 0.2) is 0 Å². The molecule has 0 saturated carbocycles. The van der Waals surface area contributed by atoms with Crippen molar-refractivity contribution in [1.82, 2.24) is 4.40 Å². The van der Waals surface area contributed by atoms with Crippen LogP contribution in [0.5, 0.6) is 0 Å². The molecule has 1 N–H and O–H groups in total. The molecule has 5 nitrogen and oxygen atoms in total. The number of nitrogens with zero attached hydrogens (tertiary/aromatic N) is 1. The molecule has 0 spiro atoms. The van der Waals surface area contributed by atoms with Crippen molar-refractivity contribution in [2.45, 2.75) is 0 Å². The zero-order chi connectivity index (χ0) is 16.5. The van der Waals surface area contributed by atoms with Gasteiger partial charge in [-0.2, -0.15) is 0 Å². The Hall–Kier alpha value is -3.47. The molecular formula is C19H13NO4. The van der Waals surface area contributed by atoms with Crippen LogP contribution in [-0.2, 0) is 0 Å². The summed E-state index contributed by atoms with van der Waals surface area (Å²) in [6.45, 7) is 0. The molecule has 0 saturated heterocycles. The van der Waals surface area contributed by atoms with E-state index < -0.39 is 5.97 Å². The molecule has 118 valence electrons. The minimum Gasteiger partial charge on any atom is -0.477 e.